The van der Waals surface area contributed by atoms with E-state index in [0.29, 0.717) is 16.1 Å². The third-order valence-corrected chi connectivity index (χ3v) is 4.05. The molecular formula is C19H22ClN3S. The van der Waals surface area contributed by atoms with Crippen molar-refractivity contribution in [3.63, 3.8) is 0 Å². The molecule has 0 radical (unpaired) electrons. The summed E-state index contributed by atoms with van der Waals surface area (Å²) in [5.74, 6) is 0.513. The second-order valence-corrected chi connectivity index (χ2v) is 6.61. The average Bonchev–Trinajstić information content (AvgIpc) is 2.56. The Morgan fingerprint density at radius 3 is 2.46 bits per heavy atom. The van der Waals surface area contributed by atoms with Crippen LogP contribution in [0.15, 0.2) is 53.6 Å². The summed E-state index contributed by atoms with van der Waals surface area (Å²) in [5, 5.41) is 8.69. The lowest BCUT2D eigenvalue weighted by molar-refractivity contribution is 0.867. The van der Waals surface area contributed by atoms with Crippen molar-refractivity contribution in [2.75, 3.05) is 5.32 Å². The largest absolute Gasteiger partial charge is 0.331 e. The Morgan fingerprint density at radius 2 is 1.88 bits per heavy atom. The average molecular weight is 360 g/mol. The molecule has 2 N–H and O–H groups in total. The third kappa shape index (κ3) is 5.32. The van der Waals surface area contributed by atoms with Gasteiger partial charge in [-0.05, 0) is 59.9 Å². The molecule has 0 unspecified atom stereocenters. The van der Waals surface area contributed by atoms with Crippen LogP contribution in [0.25, 0.3) is 0 Å². The molecule has 0 spiro atoms. The van der Waals surface area contributed by atoms with Crippen molar-refractivity contribution < 1.29 is 0 Å². The van der Waals surface area contributed by atoms with Gasteiger partial charge in [-0.15, -0.1) is 0 Å². The number of halogens is 1. The van der Waals surface area contributed by atoms with Gasteiger partial charge in [0.05, 0.1) is 5.71 Å². The molecule has 0 amide bonds. The number of rotatable bonds is 5. The summed E-state index contributed by atoms with van der Waals surface area (Å²) in [7, 11) is 0. The summed E-state index contributed by atoms with van der Waals surface area (Å²) in [6.45, 7) is 6.39. The van der Waals surface area contributed by atoms with E-state index in [0.717, 1.165) is 23.4 Å². The first-order valence-electron chi connectivity index (χ1n) is 7.99. The highest BCUT2D eigenvalue weighted by Gasteiger charge is 2.04. The van der Waals surface area contributed by atoms with Crippen LogP contribution in [-0.4, -0.2) is 10.8 Å². The Bertz CT molecular complexity index is 724. The SMILES string of the molecule is CCC(=NNC(=S)Nc1ccc(C(C)C)cc1)c1cccc(Cl)c1. The fourth-order valence-corrected chi connectivity index (χ4v) is 2.60. The van der Waals surface area contributed by atoms with E-state index >= 15 is 0 Å². The van der Waals surface area contributed by atoms with Crippen molar-refractivity contribution >= 4 is 40.3 Å². The number of thiocarbonyl (C=S) groups is 1. The van der Waals surface area contributed by atoms with Crippen LogP contribution in [0.2, 0.25) is 5.02 Å². The van der Waals surface area contributed by atoms with Gasteiger partial charge in [-0.2, -0.15) is 5.10 Å². The molecule has 2 aromatic carbocycles. The number of hydrogen-bond acceptors (Lipinski definition) is 2. The Hall–Kier alpha value is -1.91. The van der Waals surface area contributed by atoms with Crippen LogP contribution in [0.3, 0.4) is 0 Å². The number of nitrogens with zero attached hydrogens (tertiary/aromatic N) is 1. The number of benzene rings is 2. The summed E-state index contributed by atoms with van der Waals surface area (Å²) in [4.78, 5) is 0. The van der Waals surface area contributed by atoms with E-state index < -0.39 is 0 Å². The van der Waals surface area contributed by atoms with Crippen LogP contribution < -0.4 is 10.7 Å². The van der Waals surface area contributed by atoms with Crippen LogP contribution in [-0.2, 0) is 0 Å². The highest BCUT2D eigenvalue weighted by Crippen LogP contribution is 2.17. The molecular weight excluding hydrogens is 338 g/mol. The smallest absolute Gasteiger partial charge is 0.191 e. The molecule has 0 aliphatic heterocycles. The molecule has 24 heavy (non-hydrogen) atoms. The van der Waals surface area contributed by atoms with Gasteiger partial charge in [0, 0.05) is 10.7 Å². The van der Waals surface area contributed by atoms with Crippen LogP contribution in [0.1, 0.15) is 44.2 Å². The van der Waals surface area contributed by atoms with Crippen LogP contribution >= 0.6 is 23.8 Å². The van der Waals surface area contributed by atoms with Crippen molar-refractivity contribution in [2.45, 2.75) is 33.1 Å². The van der Waals surface area contributed by atoms with Gasteiger partial charge in [0.1, 0.15) is 0 Å². The van der Waals surface area contributed by atoms with Gasteiger partial charge in [0.15, 0.2) is 5.11 Å². The summed E-state index contributed by atoms with van der Waals surface area (Å²) in [5.41, 5.74) is 7.03. The van der Waals surface area contributed by atoms with E-state index in [-0.39, 0.29) is 0 Å². The monoisotopic (exact) mass is 359 g/mol. The number of nitrogens with one attached hydrogen (secondary N) is 2. The minimum absolute atomic E-state index is 0.459. The lowest BCUT2D eigenvalue weighted by Crippen LogP contribution is -2.25. The van der Waals surface area contributed by atoms with Crippen LogP contribution in [0, 0.1) is 0 Å². The van der Waals surface area contributed by atoms with Crippen LogP contribution in [0.5, 0.6) is 0 Å². The molecule has 0 saturated carbocycles. The molecule has 0 aromatic heterocycles. The Labute approximate surface area is 154 Å². The molecule has 0 fully saturated rings. The number of hydrazone groups is 1. The zero-order valence-corrected chi connectivity index (χ0v) is 15.7. The minimum Gasteiger partial charge on any atom is -0.331 e. The first kappa shape index (κ1) is 18.4. The maximum Gasteiger partial charge on any atom is 0.191 e. The lowest BCUT2D eigenvalue weighted by Gasteiger charge is -2.11. The fourth-order valence-electron chi connectivity index (χ4n) is 2.24. The van der Waals surface area contributed by atoms with Gasteiger partial charge in [0.2, 0.25) is 0 Å². The summed E-state index contributed by atoms with van der Waals surface area (Å²) in [6, 6.07) is 15.9. The van der Waals surface area contributed by atoms with Crippen molar-refractivity contribution in [3.05, 3.63) is 64.7 Å². The zero-order chi connectivity index (χ0) is 17.5. The third-order valence-electron chi connectivity index (χ3n) is 3.62. The van der Waals surface area contributed by atoms with E-state index in [4.69, 9.17) is 23.8 Å². The molecule has 0 bridgehead atoms. The fraction of sp³-hybridized carbons (Fsp3) is 0.263. The van der Waals surface area contributed by atoms with Crippen molar-refractivity contribution in [3.8, 4) is 0 Å². The van der Waals surface area contributed by atoms with Gasteiger partial charge in [-0.3, -0.25) is 5.43 Å². The Kier molecular flexibility index (Phi) is 6.76. The molecule has 126 valence electrons. The van der Waals surface area contributed by atoms with Gasteiger partial charge in [0.25, 0.3) is 0 Å². The molecule has 2 aromatic rings. The standard InChI is InChI=1S/C19H22ClN3S/c1-4-18(15-6-5-7-16(20)12-15)22-23-19(24)21-17-10-8-14(9-11-17)13(2)3/h5-13H,4H2,1-3H3,(H2,21,23,24). The van der Waals surface area contributed by atoms with E-state index in [9.17, 15) is 0 Å². The zero-order valence-electron chi connectivity index (χ0n) is 14.1. The first-order chi connectivity index (χ1) is 11.5. The van der Waals surface area contributed by atoms with Crippen molar-refractivity contribution in [1.29, 1.82) is 0 Å². The maximum absolute atomic E-state index is 6.04. The molecule has 2 rings (SSSR count). The summed E-state index contributed by atoms with van der Waals surface area (Å²) < 4.78 is 0. The van der Waals surface area contributed by atoms with Gasteiger partial charge in [-0.25, -0.2) is 0 Å². The summed E-state index contributed by atoms with van der Waals surface area (Å²) >= 11 is 11.3. The minimum atomic E-state index is 0.459. The van der Waals surface area contributed by atoms with Gasteiger partial charge in [-0.1, -0.05) is 56.6 Å². The normalized spacial score (nSPS) is 11.5. The van der Waals surface area contributed by atoms with Crippen molar-refractivity contribution in [2.24, 2.45) is 5.10 Å². The van der Waals surface area contributed by atoms with Crippen LogP contribution in [0.4, 0.5) is 5.69 Å². The molecule has 5 heteroatoms. The first-order valence-corrected chi connectivity index (χ1v) is 8.77. The molecule has 3 nitrogen and oxygen atoms in total. The van der Waals surface area contributed by atoms with E-state index in [1.165, 1.54) is 5.56 Å². The predicted octanol–water partition coefficient (Wildman–Crippen LogP) is 5.56. The van der Waals surface area contributed by atoms with Gasteiger partial charge < -0.3 is 5.32 Å². The maximum atomic E-state index is 6.04. The number of hydrogen-bond donors (Lipinski definition) is 2. The summed E-state index contributed by atoms with van der Waals surface area (Å²) in [6.07, 6.45) is 0.777. The molecule has 0 aliphatic carbocycles. The molecule has 0 heterocycles. The predicted molar refractivity (Wildman–Crippen MR) is 108 cm³/mol. The molecule has 0 aliphatic rings. The second kappa shape index (κ2) is 8.81. The highest BCUT2D eigenvalue weighted by molar-refractivity contribution is 7.80. The number of anilines is 1. The molecule has 0 saturated heterocycles. The van der Waals surface area contributed by atoms with E-state index in [1.54, 1.807) is 0 Å². The quantitative estimate of drug-likeness (QED) is 0.416. The highest BCUT2D eigenvalue weighted by atomic mass is 35.5. The van der Waals surface area contributed by atoms with E-state index in [2.05, 4.69) is 41.8 Å². The Morgan fingerprint density at radius 1 is 1.17 bits per heavy atom. The van der Waals surface area contributed by atoms with Crippen molar-refractivity contribution in [1.82, 2.24) is 5.43 Å². The molecule has 0 atom stereocenters. The van der Waals surface area contributed by atoms with Gasteiger partial charge >= 0.3 is 0 Å². The topological polar surface area (TPSA) is 36.4 Å². The second-order valence-electron chi connectivity index (χ2n) is 5.77. The Balaban J connectivity index is 2.00. The van der Waals surface area contributed by atoms with E-state index in [1.807, 2.05) is 43.3 Å². The lowest BCUT2D eigenvalue weighted by atomic mass is 10.0.